The van der Waals surface area contributed by atoms with Crippen molar-refractivity contribution in [3.8, 4) is 0 Å². The molecule has 1 atom stereocenters. The monoisotopic (exact) mass is 971 g/mol. The second-order valence-electron chi connectivity index (χ2n) is 21.0. The third-order valence-corrected chi connectivity index (χ3v) is 13.9. The lowest BCUT2D eigenvalue weighted by atomic mass is 10.0. The van der Waals surface area contributed by atoms with Crippen molar-refractivity contribution in [3.63, 3.8) is 0 Å². The molecule has 0 N–H and O–H groups in total. The van der Waals surface area contributed by atoms with Crippen molar-refractivity contribution in [2.75, 3.05) is 13.2 Å². The third kappa shape index (κ3) is 56.7. The summed E-state index contributed by atoms with van der Waals surface area (Å²) in [4.78, 5) is 38.1. The van der Waals surface area contributed by atoms with E-state index in [2.05, 4.69) is 45.1 Å². The Morgan fingerprint density at radius 1 is 0.275 bits per heavy atom. The zero-order valence-electron chi connectivity index (χ0n) is 46.6. The molecule has 0 saturated heterocycles. The quantitative estimate of drug-likeness (QED) is 0.0261. The predicted octanol–water partition coefficient (Wildman–Crippen LogP) is 20.7. The lowest BCUT2D eigenvalue weighted by Crippen LogP contribution is -2.30. The van der Waals surface area contributed by atoms with Crippen molar-refractivity contribution >= 4 is 17.9 Å². The molecule has 0 rings (SSSR count). The molecule has 0 bridgehead atoms. The summed E-state index contributed by atoms with van der Waals surface area (Å²) in [6, 6.07) is 0. The summed E-state index contributed by atoms with van der Waals surface area (Å²) in [5.41, 5.74) is 0. The van der Waals surface area contributed by atoms with E-state index in [1.54, 1.807) is 0 Å². The number of esters is 3. The van der Waals surface area contributed by atoms with Gasteiger partial charge in [-0.3, -0.25) is 14.4 Å². The minimum Gasteiger partial charge on any atom is -0.462 e. The van der Waals surface area contributed by atoms with Crippen LogP contribution in [-0.2, 0) is 28.6 Å². The third-order valence-electron chi connectivity index (χ3n) is 13.9. The summed E-state index contributed by atoms with van der Waals surface area (Å²) in [6.45, 7) is 6.63. The number of hydrogen-bond acceptors (Lipinski definition) is 6. The Morgan fingerprint density at radius 2 is 0.507 bits per heavy atom. The summed E-state index contributed by atoms with van der Waals surface area (Å²) in [7, 11) is 0. The highest BCUT2D eigenvalue weighted by molar-refractivity contribution is 5.71. The Hall–Kier alpha value is -2.11. The minimum atomic E-state index is -0.771. The fraction of sp³-hybridized carbons (Fsp3) is 0.889. The van der Waals surface area contributed by atoms with E-state index >= 15 is 0 Å². The molecule has 6 heteroatoms. The van der Waals surface area contributed by atoms with E-state index in [1.165, 1.54) is 231 Å². The number of carbonyl (C=O) groups excluding carboxylic acids is 3. The van der Waals surface area contributed by atoms with E-state index in [-0.39, 0.29) is 31.1 Å². The molecule has 0 aromatic rings. The van der Waals surface area contributed by atoms with Gasteiger partial charge in [-0.15, -0.1) is 0 Å². The predicted molar refractivity (Wildman–Crippen MR) is 298 cm³/mol. The molecule has 0 amide bonds. The second-order valence-corrected chi connectivity index (χ2v) is 21.0. The van der Waals surface area contributed by atoms with Gasteiger partial charge in [0, 0.05) is 19.3 Å². The van der Waals surface area contributed by atoms with Gasteiger partial charge in [0.05, 0.1) is 0 Å². The Kier molecular flexibility index (Phi) is 56.7. The zero-order chi connectivity index (χ0) is 50.0. The van der Waals surface area contributed by atoms with Crippen molar-refractivity contribution < 1.29 is 28.6 Å². The molecule has 0 aromatic carbocycles. The first kappa shape index (κ1) is 66.9. The highest BCUT2D eigenvalue weighted by Crippen LogP contribution is 2.17. The second kappa shape index (κ2) is 58.5. The van der Waals surface area contributed by atoms with Crippen LogP contribution in [0.4, 0.5) is 0 Å². The summed E-state index contributed by atoms with van der Waals surface area (Å²) in [5.74, 6) is -0.861. The van der Waals surface area contributed by atoms with Crippen molar-refractivity contribution in [2.24, 2.45) is 0 Å². The van der Waals surface area contributed by atoms with Gasteiger partial charge < -0.3 is 14.2 Å². The summed E-state index contributed by atoms with van der Waals surface area (Å²) < 4.78 is 16.9. The van der Waals surface area contributed by atoms with Gasteiger partial charge in [-0.25, -0.2) is 0 Å². The van der Waals surface area contributed by atoms with Crippen LogP contribution in [0.1, 0.15) is 342 Å². The molecular formula is C63H118O6. The number of unbranched alkanes of at least 4 members (excludes halogenated alkanes) is 42. The highest BCUT2D eigenvalue weighted by Gasteiger charge is 2.19. The molecule has 0 radical (unpaired) electrons. The average Bonchev–Trinajstić information content (AvgIpc) is 3.35. The number of rotatable bonds is 57. The Morgan fingerprint density at radius 3 is 0.783 bits per heavy atom. The van der Waals surface area contributed by atoms with E-state index in [9.17, 15) is 14.4 Å². The topological polar surface area (TPSA) is 78.9 Å². The van der Waals surface area contributed by atoms with Crippen molar-refractivity contribution in [1.82, 2.24) is 0 Å². The fourth-order valence-corrected chi connectivity index (χ4v) is 9.27. The number of allylic oxidation sites excluding steroid dienone is 4. The van der Waals surface area contributed by atoms with Crippen LogP contribution in [0.2, 0.25) is 0 Å². The van der Waals surface area contributed by atoms with Crippen molar-refractivity contribution in [3.05, 3.63) is 24.3 Å². The Bertz CT molecular complexity index is 1110. The van der Waals surface area contributed by atoms with Gasteiger partial charge in [-0.1, -0.05) is 283 Å². The minimum absolute atomic E-state index is 0.0706. The van der Waals surface area contributed by atoms with E-state index in [0.29, 0.717) is 19.3 Å². The largest absolute Gasteiger partial charge is 0.462 e. The summed E-state index contributed by atoms with van der Waals surface area (Å²) >= 11 is 0. The van der Waals surface area contributed by atoms with Crippen LogP contribution in [-0.4, -0.2) is 37.2 Å². The number of carbonyl (C=O) groups is 3. The molecule has 6 nitrogen and oxygen atoms in total. The lowest BCUT2D eigenvalue weighted by molar-refractivity contribution is -0.167. The van der Waals surface area contributed by atoms with Crippen LogP contribution < -0.4 is 0 Å². The van der Waals surface area contributed by atoms with Crippen LogP contribution in [0.3, 0.4) is 0 Å². The first-order valence-electron chi connectivity index (χ1n) is 30.8. The molecule has 69 heavy (non-hydrogen) atoms. The first-order valence-corrected chi connectivity index (χ1v) is 30.8. The van der Waals surface area contributed by atoms with Gasteiger partial charge in [-0.05, 0) is 64.2 Å². The fourth-order valence-electron chi connectivity index (χ4n) is 9.27. The zero-order valence-corrected chi connectivity index (χ0v) is 46.6. The molecule has 0 aromatic heterocycles. The van der Waals surface area contributed by atoms with Gasteiger partial charge in [-0.2, -0.15) is 0 Å². The van der Waals surface area contributed by atoms with E-state index < -0.39 is 6.10 Å². The molecule has 0 heterocycles. The molecule has 0 fully saturated rings. The van der Waals surface area contributed by atoms with Gasteiger partial charge in [0.2, 0.25) is 0 Å². The first-order chi connectivity index (χ1) is 34.0. The lowest BCUT2D eigenvalue weighted by Gasteiger charge is -2.18. The SMILES string of the molecule is CCC/C=C\CCCCCCCC(=O)OCC(COC(=O)CCCCCCCCCCC/C=C\CCCCCCCCCC)OC(=O)CCCCCCCCCCCCCCCCCCCCCC. The molecule has 0 spiro atoms. The van der Waals surface area contributed by atoms with Crippen molar-refractivity contribution in [2.45, 2.75) is 348 Å². The van der Waals surface area contributed by atoms with Gasteiger partial charge in [0.25, 0.3) is 0 Å². The van der Waals surface area contributed by atoms with Crippen LogP contribution >= 0.6 is 0 Å². The smallest absolute Gasteiger partial charge is 0.306 e. The standard InChI is InChI=1S/C63H118O6/c1-4-7-10-13-16-19-22-24-26-28-30-32-34-35-37-39-41-44-47-50-53-56-62(65)68-59-60(58-67-61(64)55-52-49-46-43-21-18-15-12-9-6-3)69-63(66)57-54-51-48-45-42-40-38-36-33-31-29-27-25-23-20-17-14-11-8-5-2/h12,15,28,30,60H,4-11,13-14,16-27,29,31-59H2,1-3H3/b15-12-,30-28-. The van der Waals surface area contributed by atoms with Gasteiger partial charge in [0.15, 0.2) is 6.10 Å². The van der Waals surface area contributed by atoms with Gasteiger partial charge >= 0.3 is 17.9 Å². The maximum Gasteiger partial charge on any atom is 0.306 e. The van der Waals surface area contributed by atoms with Gasteiger partial charge in [0.1, 0.15) is 13.2 Å². The van der Waals surface area contributed by atoms with Crippen LogP contribution in [0.5, 0.6) is 0 Å². The molecule has 1 unspecified atom stereocenters. The normalized spacial score (nSPS) is 12.1. The van der Waals surface area contributed by atoms with Crippen LogP contribution in [0.25, 0.3) is 0 Å². The summed E-state index contributed by atoms with van der Waals surface area (Å²) in [6.07, 6.45) is 69.0. The van der Waals surface area contributed by atoms with E-state index in [4.69, 9.17) is 14.2 Å². The molecule has 0 aliphatic carbocycles. The van der Waals surface area contributed by atoms with Crippen LogP contribution in [0.15, 0.2) is 24.3 Å². The summed E-state index contributed by atoms with van der Waals surface area (Å²) in [5, 5.41) is 0. The number of hydrogen-bond donors (Lipinski definition) is 0. The van der Waals surface area contributed by atoms with E-state index in [1.807, 2.05) is 0 Å². The number of ether oxygens (including phenoxy) is 3. The maximum atomic E-state index is 12.9. The molecular weight excluding hydrogens is 853 g/mol. The van der Waals surface area contributed by atoms with Crippen LogP contribution in [0, 0.1) is 0 Å². The van der Waals surface area contributed by atoms with Crippen molar-refractivity contribution in [1.29, 1.82) is 0 Å². The average molecular weight is 972 g/mol. The Labute approximate surface area is 430 Å². The Balaban J connectivity index is 4.22. The van der Waals surface area contributed by atoms with E-state index in [0.717, 1.165) is 70.6 Å². The highest BCUT2D eigenvalue weighted by atomic mass is 16.6. The molecule has 0 aliphatic rings. The molecule has 0 aliphatic heterocycles. The molecule has 406 valence electrons. The maximum absolute atomic E-state index is 12.9. The molecule has 0 saturated carbocycles.